The first-order chi connectivity index (χ1) is 15.9. The molecule has 0 saturated heterocycles. The van der Waals surface area contributed by atoms with Crippen molar-refractivity contribution in [1.82, 2.24) is 9.55 Å². The van der Waals surface area contributed by atoms with E-state index in [1.807, 2.05) is 12.1 Å². The van der Waals surface area contributed by atoms with Gasteiger partial charge in [0.15, 0.2) is 0 Å². The minimum atomic E-state index is -0.359. The molecule has 0 N–H and O–H groups in total. The van der Waals surface area contributed by atoms with E-state index in [1.165, 1.54) is 17.7 Å². The number of benzene rings is 2. The molecule has 0 aliphatic carbocycles. The lowest BCUT2D eigenvalue weighted by molar-refractivity contribution is 0.0985. The summed E-state index contributed by atoms with van der Waals surface area (Å²) in [4.78, 5) is 19.9. The molecule has 0 aliphatic rings. The molecule has 5 nitrogen and oxygen atoms in total. The molecule has 0 unspecified atom stereocenters. The van der Waals surface area contributed by atoms with E-state index in [-0.39, 0.29) is 18.3 Å². The molecule has 6 heteroatoms. The van der Waals surface area contributed by atoms with Gasteiger partial charge in [-0.2, -0.15) is 0 Å². The minimum absolute atomic E-state index is 0.210. The number of amides is 1. The zero-order valence-corrected chi connectivity index (χ0v) is 19.0. The van der Waals surface area contributed by atoms with Crippen molar-refractivity contribution in [3.05, 3.63) is 102 Å². The van der Waals surface area contributed by atoms with Gasteiger partial charge in [0.05, 0.1) is 24.9 Å². The number of aryl methyl sites for hydroxylation is 1. The van der Waals surface area contributed by atoms with Crippen molar-refractivity contribution in [1.29, 1.82) is 0 Å². The number of halogens is 1. The topological polar surface area (TPSA) is 47.4 Å². The van der Waals surface area contributed by atoms with Crippen LogP contribution in [0.15, 0.2) is 73.4 Å². The molecule has 0 fully saturated rings. The number of hydrogen-bond acceptors (Lipinski definition) is 3. The molecule has 33 heavy (non-hydrogen) atoms. The molecule has 1 amide bonds. The predicted octanol–water partition coefficient (Wildman–Crippen LogP) is 5.83. The molecular weight excluding hydrogens is 417 g/mol. The number of carbonyl (C=O) groups excluding carboxylic acids is 1. The summed E-state index contributed by atoms with van der Waals surface area (Å²) in [7, 11) is 1.58. The van der Waals surface area contributed by atoms with Gasteiger partial charge in [0.25, 0.3) is 5.91 Å². The zero-order valence-electron chi connectivity index (χ0n) is 19.0. The van der Waals surface area contributed by atoms with Gasteiger partial charge in [-0.1, -0.05) is 6.08 Å². The van der Waals surface area contributed by atoms with Gasteiger partial charge in [-0.05, 0) is 74.0 Å². The van der Waals surface area contributed by atoms with Crippen molar-refractivity contribution in [2.24, 2.45) is 0 Å². The van der Waals surface area contributed by atoms with Crippen LogP contribution >= 0.6 is 0 Å². The Morgan fingerprint density at radius 2 is 1.82 bits per heavy atom. The average molecular weight is 444 g/mol. The van der Waals surface area contributed by atoms with Gasteiger partial charge in [0.2, 0.25) is 0 Å². The van der Waals surface area contributed by atoms with Crippen LogP contribution in [-0.2, 0) is 13.1 Å². The normalized spacial score (nSPS) is 10.9. The molecule has 0 radical (unpaired) electrons. The standard InChI is InChI=1S/C27H26FN3O2/c1-5-16-30-19(3)18(2)24-14-15-29-25(26(24)30)17-31(22-10-8-21(28)9-11-22)27(32)20-6-12-23(33-4)13-7-20/h5-15H,1,16-17H2,2-4H3. The highest BCUT2D eigenvalue weighted by Crippen LogP contribution is 2.29. The van der Waals surface area contributed by atoms with Crippen LogP contribution in [0.5, 0.6) is 5.75 Å². The van der Waals surface area contributed by atoms with E-state index in [2.05, 4.69) is 30.0 Å². The monoisotopic (exact) mass is 443 g/mol. The molecule has 4 rings (SSSR count). The molecule has 0 atom stereocenters. The smallest absolute Gasteiger partial charge is 0.258 e. The molecule has 0 bridgehead atoms. The quantitative estimate of drug-likeness (QED) is 0.338. The first-order valence-electron chi connectivity index (χ1n) is 10.7. The fraction of sp³-hybridized carbons (Fsp3) is 0.185. The maximum absolute atomic E-state index is 13.6. The van der Waals surface area contributed by atoms with Gasteiger partial charge in [-0.3, -0.25) is 9.78 Å². The second kappa shape index (κ2) is 9.28. The maximum atomic E-state index is 13.6. The number of methoxy groups -OCH3 is 1. The molecular formula is C27H26FN3O2. The Kier molecular flexibility index (Phi) is 6.27. The van der Waals surface area contributed by atoms with Crippen LogP contribution in [0.4, 0.5) is 10.1 Å². The minimum Gasteiger partial charge on any atom is -0.497 e. The predicted molar refractivity (Wildman–Crippen MR) is 129 cm³/mol. The van der Waals surface area contributed by atoms with Crippen molar-refractivity contribution in [3.63, 3.8) is 0 Å². The molecule has 2 heterocycles. The van der Waals surface area contributed by atoms with Crippen LogP contribution in [0.1, 0.15) is 27.3 Å². The summed E-state index contributed by atoms with van der Waals surface area (Å²) in [5.74, 6) is 0.0970. The number of carbonyl (C=O) groups is 1. The maximum Gasteiger partial charge on any atom is 0.258 e. The molecule has 0 aliphatic heterocycles. The van der Waals surface area contributed by atoms with Crippen molar-refractivity contribution in [2.75, 3.05) is 12.0 Å². The van der Waals surface area contributed by atoms with Crippen LogP contribution in [0.3, 0.4) is 0 Å². The van der Waals surface area contributed by atoms with E-state index in [0.717, 1.165) is 22.3 Å². The first-order valence-corrected chi connectivity index (χ1v) is 10.7. The Bertz CT molecular complexity index is 1310. The fourth-order valence-electron chi connectivity index (χ4n) is 4.08. The Morgan fingerprint density at radius 3 is 2.45 bits per heavy atom. The summed E-state index contributed by atoms with van der Waals surface area (Å²) in [5, 5.41) is 1.09. The van der Waals surface area contributed by atoms with Gasteiger partial charge in [0.1, 0.15) is 11.6 Å². The van der Waals surface area contributed by atoms with E-state index in [9.17, 15) is 9.18 Å². The molecule has 0 saturated carbocycles. The summed E-state index contributed by atoms with van der Waals surface area (Å²) in [6, 6.07) is 14.9. The number of rotatable bonds is 7. The molecule has 168 valence electrons. The van der Waals surface area contributed by atoms with E-state index in [4.69, 9.17) is 4.74 Å². The van der Waals surface area contributed by atoms with E-state index in [1.54, 1.807) is 54.6 Å². The second-order valence-electron chi connectivity index (χ2n) is 7.86. The van der Waals surface area contributed by atoms with E-state index < -0.39 is 0 Å². The van der Waals surface area contributed by atoms with E-state index >= 15 is 0 Å². The van der Waals surface area contributed by atoms with Gasteiger partial charge in [-0.25, -0.2) is 4.39 Å². The van der Waals surface area contributed by atoms with Crippen molar-refractivity contribution in [2.45, 2.75) is 26.9 Å². The summed E-state index contributed by atoms with van der Waals surface area (Å²) in [5.41, 5.74) is 5.13. The molecule has 4 aromatic rings. The second-order valence-corrected chi connectivity index (χ2v) is 7.86. The van der Waals surface area contributed by atoms with Crippen molar-refractivity contribution < 1.29 is 13.9 Å². The van der Waals surface area contributed by atoms with Crippen LogP contribution < -0.4 is 9.64 Å². The average Bonchev–Trinajstić information content (AvgIpc) is 3.08. The molecule has 0 spiro atoms. The molecule has 2 aromatic carbocycles. The lowest BCUT2D eigenvalue weighted by atomic mass is 10.1. The van der Waals surface area contributed by atoms with Crippen LogP contribution in [0.25, 0.3) is 10.9 Å². The highest BCUT2D eigenvalue weighted by molar-refractivity contribution is 6.06. The lowest BCUT2D eigenvalue weighted by Gasteiger charge is -2.23. The van der Waals surface area contributed by atoms with Crippen molar-refractivity contribution >= 4 is 22.5 Å². The van der Waals surface area contributed by atoms with Gasteiger partial charge in [-0.15, -0.1) is 6.58 Å². The zero-order chi connectivity index (χ0) is 23.5. The highest BCUT2D eigenvalue weighted by atomic mass is 19.1. The Balaban J connectivity index is 1.82. The first kappa shape index (κ1) is 22.3. The molecule has 2 aromatic heterocycles. The summed E-state index contributed by atoms with van der Waals surface area (Å²) in [6.07, 6.45) is 3.62. The summed E-state index contributed by atoms with van der Waals surface area (Å²) < 4.78 is 21.0. The van der Waals surface area contributed by atoms with Crippen molar-refractivity contribution in [3.8, 4) is 5.75 Å². The SMILES string of the molecule is C=CCn1c(C)c(C)c2ccnc(CN(C(=O)c3ccc(OC)cc3)c3ccc(F)cc3)c21. The highest BCUT2D eigenvalue weighted by Gasteiger charge is 2.22. The lowest BCUT2D eigenvalue weighted by Crippen LogP contribution is -2.31. The third kappa shape index (κ3) is 4.24. The number of anilines is 1. The Hall–Kier alpha value is -3.93. The number of ether oxygens (including phenoxy) is 1. The number of pyridine rings is 1. The van der Waals surface area contributed by atoms with Gasteiger partial charge in [0, 0.05) is 35.1 Å². The largest absolute Gasteiger partial charge is 0.497 e. The van der Waals surface area contributed by atoms with Crippen LogP contribution in [0.2, 0.25) is 0 Å². The number of hydrogen-bond donors (Lipinski definition) is 0. The Labute approximate surface area is 192 Å². The number of nitrogens with zero attached hydrogens (tertiary/aromatic N) is 3. The van der Waals surface area contributed by atoms with Crippen LogP contribution in [-0.4, -0.2) is 22.6 Å². The Morgan fingerprint density at radius 1 is 1.12 bits per heavy atom. The third-order valence-corrected chi connectivity index (χ3v) is 5.96. The number of aromatic nitrogens is 2. The summed E-state index contributed by atoms with van der Waals surface area (Å²) >= 11 is 0. The third-order valence-electron chi connectivity index (χ3n) is 5.96. The fourth-order valence-corrected chi connectivity index (χ4v) is 4.08. The van der Waals surface area contributed by atoms with E-state index in [0.29, 0.717) is 23.5 Å². The van der Waals surface area contributed by atoms with Gasteiger partial charge >= 0.3 is 0 Å². The number of fused-ring (bicyclic) bond motifs is 1. The van der Waals surface area contributed by atoms with Crippen LogP contribution in [0, 0.1) is 19.7 Å². The van der Waals surface area contributed by atoms with Gasteiger partial charge < -0.3 is 14.2 Å². The summed E-state index contributed by atoms with van der Waals surface area (Å²) in [6.45, 7) is 8.91. The number of allylic oxidation sites excluding steroid dienone is 1.